The lowest BCUT2D eigenvalue weighted by molar-refractivity contribution is 0.508. The molecule has 0 fully saturated rings. The molecule has 114 valence electrons. The van der Waals surface area contributed by atoms with Crippen LogP contribution >= 0.6 is 0 Å². The number of rotatable bonds is 7. The van der Waals surface area contributed by atoms with Gasteiger partial charge in [-0.1, -0.05) is 26.0 Å². The molecule has 0 aliphatic heterocycles. The number of nitrogens with one attached hydrogen (secondary N) is 1. The first-order chi connectivity index (χ1) is 10.2. The molecular formula is C15H24N6. The van der Waals surface area contributed by atoms with Gasteiger partial charge >= 0.3 is 0 Å². The van der Waals surface area contributed by atoms with Crippen LogP contribution in [-0.4, -0.2) is 31.7 Å². The zero-order valence-electron chi connectivity index (χ0n) is 13.3. The third-order valence-electron chi connectivity index (χ3n) is 3.46. The summed E-state index contributed by atoms with van der Waals surface area (Å²) in [5.74, 6) is 0. The monoisotopic (exact) mass is 288 g/mol. The van der Waals surface area contributed by atoms with Crippen LogP contribution in [0.3, 0.4) is 0 Å². The molecule has 0 bridgehead atoms. The fourth-order valence-electron chi connectivity index (χ4n) is 2.51. The topological polar surface area (TPSA) is 68.5 Å². The smallest absolute Gasteiger partial charge is 0.0802 e. The molecule has 0 amide bonds. The van der Waals surface area contributed by atoms with Gasteiger partial charge < -0.3 is 5.32 Å². The molecule has 2 heterocycles. The van der Waals surface area contributed by atoms with Crippen molar-refractivity contribution in [2.24, 2.45) is 0 Å². The summed E-state index contributed by atoms with van der Waals surface area (Å²) in [6.45, 7) is 10.1. The van der Waals surface area contributed by atoms with Gasteiger partial charge in [-0.2, -0.15) is 10.2 Å². The maximum atomic E-state index is 4.35. The largest absolute Gasteiger partial charge is 0.305 e. The van der Waals surface area contributed by atoms with Crippen LogP contribution in [0.15, 0.2) is 12.3 Å². The van der Waals surface area contributed by atoms with E-state index in [1.165, 1.54) is 5.56 Å². The molecule has 6 nitrogen and oxygen atoms in total. The fraction of sp³-hybridized carbons (Fsp3) is 0.600. The Morgan fingerprint density at radius 3 is 2.71 bits per heavy atom. The summed E-state index contributed by atoms with van der Waals surface area (Å²) in [6.07, 6.45) is 3.74. The second-order valence-corrected chi connectivity index (χ2v) is 5.11. The standard InChI is InChI=1S/C15H24N6/c1-5-8-21-14(10-17-20-21)15(16-7-3)12-9-11(4)18-19-13(12)6-2/h9-10,15-16H,5-8H2,1-4H3. The van der Waals surface area contributed by atoms with E-state index in [2.05, 4.69) is 52.7 Å². The Bertz CT molecular complexity index is 577. The summed E-state index contributed by atoms with van der Waals surface area (Å²) in [5.41, 5.74) is 4.21. The van der Waals surface area contributed by atoms with Gasteiger partial charge in [-0.15, -0.1) is 5.10 Å². The number of hydrogen-bond acceptors (Lipinski definition) is 5. The second kappa shape index (κ2) is 7.26. The molecule has 2 aromatic rings. The lowest BCUT2D eigenvalue weighted by Crippen LogP contribution is -2.26. The summed E-state index contributed by atoms with van der Waals surface area (Å²) in [7, 11) is 0. The summed E-state index contributed by atoms with van der Waals surface area (Å²) >= 11 is 0. The molecule has 6 heteroatoms. The number of hydrogen-bond donors (Lipinski definition) is 1. The molecule has 1 atom stereocenters. The lowest BCUT2D eigenvalue weighted by Gasteiger charge is -2.21. The minimum Gasteiger partial charge on any atom is -0.305 e. The van der Waals surface area contributed by atoms with Crippen molar-refractivity contribution in [1.29, 1.82) is 0 Å². The maximum Gasteiger partial charge on any atom is 0.0802 e. The molecule has 0 aliphatic rings. The van der Waals surface area contributed by atoms with E-state index >= 15 is 0 Å². The Kier molecular flexibility index (Phi) is 5.38. The van der Waals surface area contributed by atoms with Crippen molar-refractivity contribution in [2.75, 3.05) is 6.54 Å². The van der Waals surface area contributed by atoms with E-state index in [1.807, 2.05) is 17.8 Å². The molecule has 0 spiro atoms. The molecule has 0 aliphatic carbocycles. The van der Waals surface area contributed by atoms with Crippen LogP contribution in [-0.2, 0) is 13.0 Å². The van der Waals surface area contributed by atoms with E-state index in [-0.39, 0.29) is 6.04 Å². The van der Waals surface area contributed by atoms with Gasteiger partial charge in [-0.25, -0.2) is 4.68 Å². The van der Waals surface area contributed by atoms with Gasteiger partial charge in [0.15, 0.2) is 0 Å². The van der Waals surface area contributed by atoms with Crippen molar-refractivity contribution >= 4 is 0 Å². The lowest BCUT2D eigenvalue weighted by atomic mass is 10.0. The molecule has 0 aromatic carbocycles. The average molecular weight is 288 g/mol. The highest BCUT2D eigenvalue weighted by molar-refractivity contribution is 5.31. The Balaban J connectivity index is 2.47. The highest BCUT2D eigenvalue weighted by Gasteiger charge is 2.21. The van der Waals surface area contributed by atoms with Gasteiger partial charge in [-0.05, 0) is 32.4 Å². The fourth-order valence-corrected chi connectivity index (χ4v) is 2.51. The van der Waals surface area contributed by atoms with E-state index in [0.29, 0.717) is 0 Å². The number of aryl methyl sites for hydroxylation is 3. The van der Waals surface area contributed by atoms with Crippen molar-refractivity contribution in [3.05, 3.63) is 34.9 Å². The minimum absolute atomic E-state index is 0.0562. The van der Waals surface area contributed by atoms with Crippen LogP contribution in [0.2, 0.25) is 0 Å². The van der Waals surface area contributed by atoms with Gasteiger partial charge in [0, 0.05) is 12.1 Å². The predicted octanol–water partition coefficient (Wildman–Crippen LogP) is 2.05. The maximum absolute atomic E-state index is 4.35. The van der Waals surface area contributed by atoms with Crippen molar-refractivity contribution in [3.8, 4) is 0 Å². The third-order valence-corrected chi connectivity index (χ3v) is 3.46. The van der Waals surface area contributed by atoms with Crippen LogP contribution in [0.25, 0.3) is 0 Å². The quantitative estimate of drug-likeness (QED) is 0.844. The van der Waals surface area contributed by atoms with Gasteiger partial charge in [-0.3, -0.25) is 0 Å². The molecule has 21 heavy (non-hydrogen) atoms. The van der Waals surface area contributed by atoms with E-state index in [4.69, 9.17) is 0 Å². The Morgan fingerprint density at radius 1 is 1.24 bits per heavy atom. The molecule has 0 radical (unpaired) electrons. The van der Waals surface area contributed by atoms with Crippen LogP contribution in [0.5, 0.6) is 0 Å². The molecule has 2 rings (SSSR count). The van der Waals surface area contributed by atoms with E-state index < -0.39 is 0 Å². The van der Waals surface area contributed by atoms with Crippen molar-refractivity contribution in [2.45, 2.75) is 53.1 Å². The van der Waals surface area contributed by atoms with Gasteiger partial charge in [0.25, 0.3) is 0 Å². The minimum atomic E-state index is 0.0562. The van der Waals surface area contributed by atoms with Gasteiger partial charge in [0.1, 0.15) is 0 Å². The summed E-state index contributed by atoms with van der Waals surface area (Å²) in [4.78, 5) is 0. The van der Waals surface area contributed by atoms with Gasteiger partial charge in [0.2, 0.25) is 0 Å². The van der Waals surface area contributed by atoms with Crippen LogP contribution in [0.4, 0.5) is 0 Å². The highest BCUT2D eigenvalue weighted by Crippen LogP contribution is 2.24. The zero-order valence-corrected chi connectivity index (χ0v) is 13.3. The van der Waals surface area contributed by atoms with E-state index in [9.17, 15) is 0 Å². The van der Waals surface area contributed by atoms with Gasteiger partial charge in [0.05, 0.1) is 29.3 Å². The molecule has 0 saturated carbocycles. The molecule has 1 unspecified atom stereocenters. The first-order valence-corrected chi connectivity index (χ1v) is 7.66. The molecule has 2 aromatic heterocycles. The van der Waals surface area contributed by atoms with Crippen molar-refractivity contribution in [1.82, 2.24) is 30.5 Å². The summed E-state index contributed by atoms with van der Waals surface area (Å²) in [6, 6.07) is 2.17. The van der Waals surface area contributed by atoms with Crippen LogP contribution in [0.1, 0.15) is 55.9 Å². The summed E-state index contributed by atoms with van der Waals surface area (Å²) < 4.78 is 1.97. The van der Waals surface area contributed by atoms with E-state index in [0.717, 1.165) is 43.0 Å². The van der Waals surface area contributed by atoms with E-state index in [1.54, 1.807) is 0 Å². The second-order valence-electron chi connectivity index (χ2n) is 5.11. The normalized spacial score (nSPS) is 12.6. The first-order valence-electron chi connectivity index (χ1n) is 7.66. The Labute approximate surface area is 126 Å². The SMILES string of the molecule is CCCn1nncc1C(NCC)c1cc(C)nnc1CC. The number of aromatic nitrogens is 5. The van der Waals surface area contributed by atoms with Crippen molar-refractivity contribution < 1.29 is 0 Å². The number of nitrogens with zero attached hydrogens (tertiary/aromatic N) is 5. The third kappa shape index (κ3) is 3.44. The zero-order chi connectivity index (χ0) is 15.2. The Morgan fingerprint density at radius 2 is 2.05 bits per heavy atom. The first kappa shape index (κ1) is 15.6. The molecular weight excluding hydrogens is 264 g/mol. The van der Waals surface area contributed by atoms with Crippen molar-refractivity contribution in [3.63, 3.8) is 0 Å². The van der Waals surface area contributed by atoms with Crippen LogP contribution < -0.4 is 5.32 Å². The summed E-state index contributed by atoms with van der Waals surface area (Å²) in [5, 5.41) is 20.3. The molecule has 1 N–H and O–H groups in total. The van der Waals surface area contributed by atoms with Crippen LogP contribution in [0, 0.1) is 6.92 Å². The Hall–Kier alpha value is -1.82. The average Bonchev–Trinajstić information content (AvgIpc) is 2.93. The highest BCUT2D eigenvalue weighted by atomic mass is 15.4. The predicted molar refractivity (Wildman–Crippen MR) is 82.0 cm³/mol. The molecule has 0 saturated heterocycles.